The number of likely N-dealkylation sites (N-methyl/N-ethyl adjacent to an activating group) is 1. The molecule has 1 atom stereocenters. The van der Waals surface area contributed by atoms with Gasteiger partial charge in [0.2, 0.25) is 5.82 Å². The number of aromatic hydroxyl groups is 1. The number of piperidine rings is 1. The van der Waals surface area contributed by atoms with Gasteiger partial charge in [0.15, 0.2) is 17.9 Å². The summed E-state index contributed by atoms with van der Waals surface area (Å²) in [4.78, 5) is 29.8. The van der Waals surface area contributed by atoms with E-state index in [-0.39, 0.29) is 34.5 Å². The quantitative estimate of drug-likeness (QED) is 0.149. The van der Waals surface area contributed by atoms with E-state index in [1.54, 1.807) is 12.1 Å². The molecule has 0 bridgehead atoms. The molecule has 2 aromatic carbocycles. The number of aldehydes is 1. The van der Waals surface area contributed by atoms with Crippen LogP contribution in [0.15, 0.2) is 47.2 Å². The zero-order valence-electron chi connectivity index (χ0n) is 26.6. The van der Waals surface area contributed by atoms with Crippen LogP contribution in [0.3, 0.4) is 0 Å². The molecule has 240 valence electrons. The van der Waals surface area contributed by atoms with Crippen molar-refractivity contribution in [2.75, 3.05) is 45.3 Å². The number of methoxy groups -OCH3 is 1. The Morgan fingerprint density at radius 2 is 1.96 bits per heavy atom. The molecule has 45 heavy (non-hydrogen) atoms. The zero-order valence-corrected chi connectivity index (χ0v) is 26.6. The Balaban J connectivity index is 1.84. The van der Waals surface area contributed by atoms with Crippen LogP contribution in [0.4, 0.5) is 26.1 Å². The van der Waals surface area contributed by atoms with Crippen molar-refractivity contribution < 1.29 is 23.4 Å². The van der Waals surface area contributed by atoms with E-state index >= 15 is 4.39 Å². The Hall–Kier alpha value is -4.58. The van der Waals surface area contributed by atoms with Crippen LogP contribution in [0.5, 0.6) is 11.5 Å². The lowest BCUT2D eigenvalue weighted by molar-refractivity contribution is 0.112. The Kier molecular flexibility index (Phi) is 10.7. The van der Waals surface area contributed by atoms with Crippen molar-refractivity contribution in [3.8, 4) is 11.5 Å². The third-order valence-electron chi connectivity index (χ3n) is 8.37. The highest BCUT2D eigenvalue weighted by Crippen LogP contribution is 2.39. The average Bonchev–Trinajstić information content (AvgIpc) is 3.03. The first kappa shape index (κ1) is 33.3. The number of aliphatic imine (C=N–C) groups is 1. The van der Waals surface area contributed by atoms with Gasteiger partial charge in [0.25, 0.3) is 0 Å². The van der Waals surface area contributed by atoms with Gasteiger partial charge in [-0.05, 0) is 83.1 Å². The molecule has 1 fully saturated rings. The number of phenols is 1. The molecule has 10 nitrogen and oxygen atoms in total. The molecule has 1 aliphatic heterocycles. The second-order valence-corrected chi connectivity index (χ2v) is 11.2. The van der Waals surface area contributed by atoms with Crippen molar-refractivity contribution in [2.45, 2.75) is 52.1 Å². The van der Waals surface area contributed by atoms with Gasteiger partial charge in [-0.3, -0.25) is 4.79 Å². The number of nitrogens with two attached hydrogens (primary N) is 1. The van der Waals surface area contributed by atoms with Gasteiger partial charge in [-0.2, -0.15) is 4.39 Å². The summed E-state index contributed by atoms with van der Waals surface area (Å²) in [5, 5.41) is 13.7. The predicted octanol–water partition coefficient (Wildman–Crippen LogP) is 5.65. The minimum Gasteiger partial charge on any atom is -0.507 e. The van der Waals surface area contributed by atoms with Crippen molar-refractivity contribution in [3.63, 3.8) is 0 Å². The van der Waals surface area contributed by atoms with Crippen molar-refractivity contribution in [1.29, 1.82) is 0 Å². The van der Waals surface area contributed by atoms with Gasteiger partial charge in [0.05, 0.1) is 30.0 Å². The van der Waals surface area contributed by atoms with E-state index in [0.29, 0.717) is 41.2 Å². The molecule has 0 saturated carbocycles. The zero-order chi connectivity index (χ0) is 32.8. The van der Waals surface area contributed by atoms with E-state index in [1.165, 1.54) is 31.6 Å². The summed E-state index contributed by atoms with van der Waals surface area (Å²) in [7, 11) is 5.31. The number of halogens is 2. The molecule has 3 aromatic rings. The van der Waals surface area contributed by atoms with Crippen molar-refractivity contribution in [3.05, 3.63) is 70.6 Å². The number of hydrogen-bond donors (Lipinski definition) is 3. The number of ether oxygens (including phenoxy) is 1. The first-order valence-electron chi connectivity index (χ1n) is 14.9. The summed E-state index contributed by atoms with van der Waals surface area (Å²) >= 11 is 0. The number of rotatable bonds is 10. The molecule has 1 aliphatic rings. The molecular formula is C33H41F2N7O3. The number of nitrogens with one attached hydrogen (secondary N) is 1. The van der Waals surface area contributed by atoms with Crippen molar-refractivity contribution in [2.24, 2.45) is 4.99 Å². The van der Waals surface area contributed by atoms with Gasteiger partial charge in [-0.1, -0.05) is 18.6 Å². The maximum absolute atomic E-state index is 15.6. The highest BCUT2D eigenvalue weighted by atomic mass is 19.2. The van der Waals surface area contributed by atoms with E-state index in [4.69, 9.17) is 15.5 Å². The third-order valence-corrected chi connectivity index (χ3v) is 8.37. The number of anilines is 2. The molecule has 1 aromatic heterocycles. The van der Waals surface area contributed by atoms with E-state index in [2.05, 4.69) is 32.1 Å². The highest BCUT2D eigenvalue weighted by Gasteiger charge is 2.29. The number of allylic oxidation sites excluding steroid dienone is 1. The molecule has 1 unspecified atom stereocenters. The standard InChI is InChI=1S/C33H41F2N7O3/c1-7-19(2)27(22-11-12-26(45-6)30(35)29(22)34)28-31(36)37-18-38-32(28)39-20(3)33(42(5)21-13-15-41(4)16-14-21)40-24-9-8-10-25(44)23(24)17-43/h8-12,17-18,20-21,44H,7,13-16H2,1-6H3,(H3,36,37,38,39)/b27-19+,40-33-. The number of carbonyl (C=O) groups is 1. The maximum Gasteiger partial charge on any atom is 0.201 e. The van der Waals surface area contributed by atoms with Crippen molar-refractivity contribution >= 4 is 35.0 Å². The second-order valence-electron chi connectivity index (χ2n) is 11.2. The van der Waals surface area contributed by atoms with Gasteiger partial charge < -0.3 is 30.7 Å². The van der Waals surface area contributed by atoms with E-state index in [1.807, 2.05) is 27.8 Å². The van der Waals surface area contributed by atoms with Crippen LogP contribution in [-0.4, -0.2) is 83.4 Å². The predicted molar refractivity (Wildman–Crippen MR) is 173 cm³/mol. The lowest BCUT2D eigenvalue weighted by Crippen LogP contribution is -2.49. The van der Waals surface area contributed by atoms with Gasteiger partial charge in [0, 0.05) is 18.7 Å². The largest absolute Gasteiger partial charge is 0.507 e. The number of nitrogens with zero attached hydrogens (tertiary/aromatic N) is 5. The fourth-order valence-electron chi connectivity index (χ4n) is 5.60. The second kappa shape index (κ2) is 14.5. The van der Waals surface area contributed by atoms with Crippen LogP contribution in [0.1, 0.15) is 61.5 Å². The lowest BCUT2D eigenvalue weighted by atomic mass is 9.92. The lowest BCUT2D eigenvalue weighted by Gasteiger charge is -2.38. The Bertz CT molecular complexity index is 1600. The van der Waals surface area contributed by atoms with Crippen LogP contribution in [0, 0.1) is 11.6 Å². The minimum atomic E-state index is -1.11. The van der Waals surface area contributed by atoms with Gasteiger partial charge >= 0.3 is 0 Å². The van der Waals surface area contributed by atoms with E-state index in [9.17, 15) is 14.3 Å². The number of aromatic nitrogens is 2. The summed E-state index contributed by atoms with van der Waals surface area (Å²) in [6, 6.07) is 7.19. The van der Waals surface area contributed by atoms with Crippen LogP contribution < -0.4 is 15.8 Å². The highest BCUT2D eigenvalue weighted by molar-refractivity contribution is 5.97. The third kappa shape index (κ3) is 7.06. The summed E-state index contributed by atoms with van der Waals surface area (Å²) in [5.74, 6) is -1.61. The number of hydrogen-bond acceptors (Lipinski definition) is 9. The van der Waals surface area contributed by atoms with Gasteiger partial charge in [-0.15, -0.1) is 0 Å². The molecule has 4 rings (SSSR count). The first-order valence-corrected chi connectivity index (χ1v) is 14.9. The average molecular weight is 622 g/mol. The molecule has 4 N–H and O–H groups in total. The maximum atomic E-state index is 15.6. The van der Waals surface area contributed by atoms with Gasteiger partial charge in [-0.25, -0.2) is 19.4 Å². The number of phenolic OH excluding ortho intramolecular Hbond substituents is 1. The molecule has 2 heterocycles. The molecule has 0 radical (unpaired) electrons. The number of nitrogen functional groups attached to an aromatic ring is 1. The van der Waals surface area contributed by atoms with E-state index < -0.39 is 17.7 Å². The number of benzene rings is 2. The SMILES string of the molecule is CC/C(C)=C(\c1ccc(OC)c(F)c1F)c1c(N)ncnc1NC(C)/C(=N/c1cccc(O)c1C=O)N(C)C1CCN(C)CC1. The number of carbonyl (C=O) groups excluding carboxylic acids is 1. The normalized spacial score (nSPS) is 15.8. The molecule has 12 heteroatoms. The fourth-order valence-corrected chi connectivity index (χ4v) is 5.60. The van der Waals surface area contributed by atoms with Crippen LogP contribution in [-0.2, 0) is 0 Å². The van der Waals surface area contributed by atoms with Crippen LogP contribution >= 0.6 is 0 Å². The monoisotopic (exact) mass is 621 g/mol. The Morgan fingerprint density at radius 1 is 1.24 bits per heavy atom. The van der Waals surface area contributed by atoms with Crippen LogP contribution in [0.2, 0.25) is 0 Å². The molecule has 0 amide bonds. The first-order chi connectivity index (χ1) is 21.5. The Morgan fingerprint density at radius 3 is 2.60 bits per heavy atom. The summed E-state index contributed by atoms with van der Waals surface area (Å²) < 4.78 is 35.5. The van der Waals surface area contributed by atoms with Gasteiger partial charge in [0.1, 0.15) is 29.5 Å². The summed E-state index contributed by atoms with van der Waals surface area (Å²) in [6.07, 6.45) is 4.19. The summed E-state index contributed by atoms with van der Waals surface area (Å²) in [6.45, 7) is 7.44. The molecular weight excluding hydrogens is 580 g/mol. The molecule has 0 spiro atoms. The van der Waals surface area contributed by atoms with Crippen LogP contribution in [0.25, 0.3) is 5.57 Å². The fraction of sp³-hybridized carbons (Fsp3) is 0.394. The molecule has 0 aliphatic carbocycles. The molecule has 1 saturated heterocycles. The van der Waals surface area contributed by atoms with Crippen molar-refractivity contribution in [1.82, 2.24) is 19.8 Å². The Labute approximate surface area is 262 Å². The number of likely N-dealkylation sites (tertiary alicyclic amines) is 1. The smallest absolute Gasteiger partial charge is 0.201 e. The number of amidine groups is 1. The van der Waals surface area contributed by atoms with E-state index in [0.717, 1.165) is 31.5 Å². The topological polar surface area (TPSA) is 129 Å². The minimum absolute atomic E-state index is 0.00225. The summed E-state index contributed by atoms with van der Waals surface area (Å²) in [5.41, 5.74) is 8.25.